The first-order valence-corrected chi connectivity index (χ1v) is 4.95. The molecular formula is C13H9N3O. The molecule has 0 bridgehead atoms. The number of anilines is 1. The van der Waals surface area contributed by atoms with Gasteiger partial charge in [0.05, 0.1) is 5.56 Å². The van der Waals surface area contributed by atoms with Crippen molar-refractivity contribution in [3.05, 3.63) is 58.8 Å². The normalized spacial score (nSPS) is 9.18. The Morgan fingerprint density at radius 2 is 2.06 bits per heavy atom. The van der Waals surface area contributed by atoms with Gasteiger partial charge in [-0.15, -0.1) is 4.91 Å². The summed E-state index contributed by atoms with van der Waals surface area (Å²) in [4.78, 5) is 14.5. The van der Waals surface area contributed by atoms with E-state index in [0.29, 0.717) is 22.6 Å². The fourth-order valence-corrected chi connectivity index (χ4v) is 1.28. The highest BCUT2D eigenvalue weighted by atomic mass is 16.3. The Bertz CT molecular complexity index is 597. The van der Waals surface area contributed by atoms with Crippen molar-refractivity contribution in [3.63, 3.8) is 0 Å². The molecule has 2 N–H and O–H groups in total. The molecule has 0 unspecified atom stereocenters. The van der Waals surface area contributed by atoms with Crippen LogP contribution in [0.3, 0.4) is 0 Å². The first-order chi connectivity index (χ1) is 8.29. The maximum atomic E-state index is 10.4. The van der Waals surface area contributed by atoms with Crippen molar-refractivity contribution in [3.8, 4) is 11.8 Å². The third-order valence-electron chi connectivity index (χ3n) is 2.13. The van der Waals surface area contributed by atoms with E-state index >= 15 is 0 Å². The van der Waals surface area contributed by atoms with Gasteiger partial charge < -0.3 is 5.73 Å². The molecule has 0 aliphatic carbocycles. The molecule has 0 atom stereocenters. The van der Waals surface area contributed by atoms with Crippen molar-refractivity contribution in [2.45, 2.75) is 0 Å². The van der Waals surface area contributed by atoms with E-state index in [1.54, 1.807) is 30.5 Å². The third-order valence-corrected chi connectivity index (χ3v) is 2.13. The van der Waals surface area contributed by atoms with Gasteiger partial charge >= 0.3 is 0 Å². The summed E-state index contributed by atoms with van der Waals surface area (Å²) in [5.41, 5.74) is 7.79. The Hall–Kier alpha value is -2.67. The molecule has 0 amide bonds. The van der Waals surface area contributed by atoms with Crippen LogP contribution < -0.4 is 5.73 Å². The van der Waals surface area contributed by atoms with Gasteiger partial charge in [-0.25, -0.2) is 4.98 Å². The monoisotopic (exact) mass is 223 g/mol. The van der Waals surface area contributed by atoms with Gasteiger partial charge in [0, 0.05) is 11.9 Å². The number of nitrogens with zero attached hydrogens (tertiary/aromatic N) is 2. The summed E-state index contributed by atoms with van der Waals surface area (Å²) < 4.78 is 0. The highest BCUT2D eigenvalue weighted by Gasteiger charge is 1.98. The van der Waals surface area contributed by atoms with Gasteiger partial charge in [0.1, 0.15) is 11.4 Å². The minimum atomic E-state index is 0.310. The number of nitroso groups, excluding NO2 is 1. The second-order valence-electron chi connectivity index (χ2n) is 3.33. The van der Waals surface area contributed by atoms with Crippen LogP contribution in [0.2, 0.25) is 0 Å². The SMILES string of the molecule is Nc1ccc(N=O)cc1C#Cc1ccccn1. The summed E-state index contributed by atoms with van der Waals surface area (Å²) in [6, 6.07) is 10.2. The van der Waals surface area contributed by atoms with E-state index in [4.69, 9.17) is 5.73 Å². The van der Waals surface area contributed by atoms with E-state index in [2.05, 4.69) is 22.0 Å². The minimum Gasteiger partial charge on any atom is -0.398 e. The zero-order valence-corrected chi connectivity index (χ0v) is 8.92. The third kappa shape index (κ3) is 2.67. The fourth-order valence-electron chi connectivity index (χ4n) is 1.28. The summed E-state index contributed by atoms with van der Waals surface area (Å²) in [7, 11) is 0. The molecule has 4 nitrogen and oxygen atoms in total. The Balaban J connectivity index is 2.36. The number of pyridine rings is 1. The highest BCUT2D eigenvalue weighted by molar-refractivity contribution is 5.62. The van der Waals surface area contributed by atoms with Gasteiger partial charge in [-0.1, -0.05) is 12.0 Å². The standard InChI is InChI=1S/C13H9N3O/c14-13-7-6-12(16-17)9-10(13)4-5-11-3-1-2-8-15-11/h1-3,6-9H,14H2. The predicted molar refractivity (Wildman–Crippen MR) is 66.5 cm³/mol. The Labute approximate surface area is 98.5 Å². The average molecular weight is 223 g/mol. The van der Waals surface area contributed by atoms with Crippen molar-refractivity contribution < 1.29 is 0 Å². The van der Waals surface area contributed by atoms with Crippen LogP contribution in [-0.4, -0.2) is 4.98 Å². The zero-order chi connectivity index (χ0) is 12.1. The lowest BCUT2D eigenvalue weighted by Gasteiger charge is -1.97. The molecule has 1 aromatic carbocycles. The van der Waals surface area contributed by atoms with Crippen LogP contribution >= 0.6 is 0 Å². The predicted octanol–water partition coefficient (Wildman–Crippen LogP) is 2.46. The molecule has 17 heavy (non-hydrogen) atoms. The molecule has 0 radical (unpaired) electrons. The first kappa shape index (κ1) is 10.8. The lowest BCUT2D eigenvalue weighted by molar-refractivity contribution is 1.29. The molecule has 2 rings (SSSR count). The van der Waals surface area contributed by atoms with Crippen LogP contribution in [0, 0.1) is 16.7 Å². The molecule has 0 fully saturated rings. The van der Waals surface area contributed by atoms with E-state index in [9.17, 15) is 4.91 Å². The summed E-state index contributed by atoms with van der Waals surface area (Å²) >= 11 is 0. The number of nitrogens with two attached hydrogens (primary N) is 1. The van der Waals surface area contributed by atoms with E-state index < -0.39 is 0 Å². The van der Waals surface area contributed by atoms with Crippen molar-refractivity contribution >= 4 is 11.4 Å². The second kappa shape index (κ2) is 4.90. The van der Waals surface area contributed by atoms with Crippen LogP contribution in [0.4, 0.5) is 11.4 Å². The molecule has 0 aliphatic heterocycles. The quantitative estimate of drug-likeness (QED) is 0.458. The summed E-state index contributed by atoms with van der Waals surface area (Å²) in [6.45, 7) is 0. The molecule has 2 aromatic rings. The molecule has 0 saturated carbocycles. The number of nitrogen functional groups attached to an aromatic ring is 1. The van der Waals surface area contributed by atoms with E-state index in [-0.39, 0.29) is 0 Å². The van der Waals surface area contributed by atoms with Crippen LogP contribution in [0.15, 0.2) is 47.8 Å². The number of aromatic nitrogens is 1. The maximum Gasteiger partial charge on any atom is 0.113 e. The summed E-state index contributed by atoms with van der Waals surface area (Å²) in [5, 5.41) is 2.84. The zero-order valence-electron chi connectivity index (χ0n) is 8.92. The molecular weight excluding hydrogens is 214 g/mol. The molecule has 0 aliphatic rings. The Morgan fingerprint density at radius 3 is 2.76 bits per heavy atom. The van der Waals surface area contributed by atoms with Crippen LogP contribution in [0.1, 0.15) is 11.3 Å². The molecule has 0 spiro atoms. The Morgan fingerprint density at radius 1 is 1.18 bits per heavy atom. The molecule has 1 aromatic heterocycles. The van der Waals surface area contributed by atoms with Crippen LogP contribution in [-0.2, 0) is 0 Å². The van der Waals surface area contributed by atoms with Crippen molar-refractivity contribution in [1.82, 2.24) is 4.98 Å². The van der Waals surface area contributed by atoms with Crippen molar-refractivity contribution in [2.24, 2.45) is 5.18 Å². The van der Waals surface area contributed by atoms with E-state index in [1.165, 1.54) is 0 Å². The van der Waals surface area contributed by atoms with E-state index in [0.717, 1.165) is 0 Å². The van der Waals surface area contributed by atoms with Gasteiger partial charge in [-0.3, -0.25) is 0 Å². The number of rotatable bonds is 1. The lowest BCUT2D eigenvalue weighted by atomic mass is 10.1. The summed E-state index contributed by atoms with van der Waals surface area (Å²) in [5.74, 6) is 5.74. The van der Waals surface area contributed by atoms with Crippen LogP contribution in [0.25, 0.3) is 0 Å². The molecule has 0 saturated heterocycles. The summed E-state index contributed by atoms with van der Waals surface area (Å²) in [6.07, 6.45) is 1.66. The highest BCUT2D eigenvalue weighted by Crippen LogP contribution is 2.18. The fraction of sp³-hybridized carbons (Fsp3) is 0. The second-order valence-corrected chi connectivity index (χ2v) is 3.33. The minimum absolute atomic E-state index is 0.310. The number of benzene rings is 1. The molecule has 1 heterocycles. The smallest absolute Gasteiger partial charge is 0.113 e. The van der Waals surface area contributed by atoms with Gasteiger partial charge in [-0.2, -0.15) is 0 Å². The van der Waals surface area contributed by atoms with Crippen molar-refractivity contribution in [2.75, 3.05) is 5.73 Å². The van der Waals surface area contributed by atoms with Gasteiger partial charge in [-0.05, 0) is 41.4 Å². The van der Waals surface area contributed by atoms with Crippen molar-refractivity contribution in [1.29, 1.82) is 0 Å². The largest absolute Gasteiger partial charge is 0.398 e. The van der Waals surface area contributed by atoms with Gasteiger partial charge in [0.2, 0.25) is 0 Å². The van der Waals surface area contributed by atoms with Gasteiger partial charge in [0.15, 0.2) is 0 Å². The topological polar surface area (TPSA) is 68.3 Å². The molecule has 4 heteroatoms. The number of hydrogen-bond acceptors (Lipinski definition) is 4. The first-order valence-electron chi connectivity index (χ1n) is 4.95. The van der Waals surface area contributed by atoms with E-state index in [1.807, 2.05) is 12.1 Å². The lowest BCUT2D eigenvalue weighted by Crippen LogP contribution is -1.89. The maximum absolute atomic E-state index is 10.4. The number of hydrogen-bond donors (Lipinski definition) is 1. The molecule has 82 valence electrons. The van der Waals surface area contributed by atoms with Gasteiger partial charge in [0.25, 0.3) is 0 Å². The average Bonchev–Trinajstić information content (AvgIpc) is 2.39. The Kier molecular flexibility index (Phi) is 3.13. The van der Waals surface area contributed by atoms with Crippen LogP contribution in [0.5, 0.6) is 0 Å².